The highest BCUT2D eigenvalue weighted by Crippen LogP contribution is 2.21. The van der Waals surface area contributed by atoms with E-state index >= 15 is 0 Å². The average molecular weight is 334 g/mol. The summed E-state index contributed by atoms with van der Waals surface area (Å²) in [6.07, 6.45) is 0.564. The molecule has 0 radical (unpaired) electrons. The van der Waals surface area contributed by atoms with Gasteiger partial charge in [0.1, 0.15) is 5.75 Å². The van der Waals surface area contributed by atoms with Crippen molar-refractivity contribution in [3.05, 3.63) is 29.8 Å². The van der Waals surface area contributed by atoms with Crippen molar-refractivity contribution < 1.29 is 26.7 Å². The first-order chi connectivity index (χ1) is 10.2. The SMILES string of the molecule is NS(=O)(=O)CC1CCN(C(=O)c2ccc(OC(F)F)cc2)C1. The lowest BCUT2D eigenvalue weighted by Crippen LogP contribution is -2.30. The second-order valence-electron chi connectivity index (χ2n) is 5.14. The van der Waals surface area contributed by atoms with E-state index in [1.165, 1.54) is 29.2 Å². The molecule has 2 N–H and O–H groups in total. The number of sulfonamides is 1. The van der Waals surface area contributed by atoms with Gasteiger partial charge in [0.2, 0.25) is 10.0 Å². The summed E-state index contributed by atoms with van der Waals surface area (Å²) in [4.78, 5) is 13.8. The molecule has 1 aromatic carbocycles. The normalized spacial score (nSPS) is 18.7. The predicted molar refractivity (Wildman–Crippen MR) is 75.1 cm³/mol. The number of benzene rings is 1. The monoisotopic (exact) mass is 334 g/mol. The van der Waals surface area contributed by atoms with Crippen LogP contribution in [0.2, 0.25) is 0 Å². The van der Waals surface area contributed by atoms with Crippen LogP contribution in [0.1, 0.15) is 16.8 Å². The van der Waals surface area contributed by atoms with Gasteiger partial charge in [0, 0.05) is 18.7 Å². The molecule has 9 heteroatoms. The van der Waals surface area contributed by atoms with Crippen molar-refractivity contribution in [1.29, 1.82) is 0 Å². The predicted octanol–water partition coefficient (Wildman–Crippen LogP) is 1.04. The van der Waals surface area contributed by atoms with Crippen molar-refractivity contribution in [1.82, 2.24) is 4.90 Å². The van der Waals surface area contributed by atoms with E-state index < -0.39 is 16.6 Å². The van der Waals surface area contributed by atoms with Gasteiger partial charge < -0.3 is 9.64 Å². The molecule has 1 fully saturated rings. The van der Waals surface area contributed by atoms with Crippen LogP contribution in [-0.4, -0.2) is 44.7 Å². The highest BCUT2D eigenvalue weighted by atomic mass is 32.2. The summed E-state index contributed by atoms with van der Waals surface area (Å²) in [6, 6.07) is 5.37. The molecule has 22 heavy (non-hydrogen) atoms. The number of hydrogen-bond acceptors (Lipinski definition) is 4. The van der Waals surface area contributed by atoms with Crippen LogP contribution in [0.3, 0.4) is 0 Å². The van der Waals surface area contributed by atoms with Gasteiger partial charge in [-0.3, -0.25) is 4.79 Å². The Labute approximate surface area is 126 Å². The van der Waals surface area contributed by atoms with E-state index in [0.717, 1.165) is 0 Å². The second-order valence-corrected chi connectivity index (χ2v) is 6.80. The molecule has 6 nitrogen and oxygen atoms in total. The van der Waals surface area contributed by atoms with Crippen molar-refractivity contribution >= 4 is 15.9 Å². The molecule has 1 unspecified atom stereocenters. The molecule has 1 aliphatic heterocycles. The summed E-state index contributed by atoms with van der Waals surface area (Å²) in [7, 11) is -3.56. The number of primary sulfonamides is 1. The van der Waals surface area contributed by atoms with Crippen LogP contribution in [0.15, 0.2) is 24.3 Å². The van der Waals surface area contributed by atoms with E-state index in [1.807, 2.05) is 0 Å². The minimum atomic E-state index is -3.56. The maximum atomic E-state index is 12.2. The molecule has 1 atom stereocenters. The molecule has 1 heterocycles. The number of alkyl halides is 2. The number of nitrogens with two attached hydrogens (primary N) is 1. The van der Waals surface area contributed by atoms with Gasteiger partial charge in [0.15, 0.2) is 0 Å². The number of amides is 1. The number of carbonyl (C=O) groups is 1. The Morgan fingerprint density at radius 1 is 1.36 bits per heavy atom. The lowest BCUT2D eigenvalue weighted by molar-refractivity contribution is -0.0498. The Kier molecular flexibility index (Phi) is 4.97. The van der Waals surface area contributed by atoms with Crippen LogP contribution in [-0.2, 0) is 10.0 Å². The summed E-state index contributed by atoms with van der Waals surface area (Å²) in [5.41, 5.74) is 0.331. The van der Waals surface area contributed by atoms with Gasteiger partial charge in [-0.05, 0) is 36.6 Å². The minimum Gasteiger partial charge on any atom is -0.435 e. The molecular weight excluding hydrogens is 318 g/mol. The summed E-state index contributed by atoms with van der Waals surface area (Å²) in [5.74, 6) is -0.640. The third-order valence-corrected chi connectivity index (χ3v) is 4.30. The molecular formula is C13H16F2N2O4S. The number of rotatable bonds is 5. The highest BCUT2D eigenvalue weighted by Gasteiger charge is 2.29. The van der Waals surface area contributed by atoms with E-state index in [-0.39, 0.29) is 23.3 Å². The summed E-state index contributed by atoms with van der Waals surface area (Å²) in [5, 5.41) is 5.00. The molecule has 0 bridgehead atoms. The number of ether oxygens (including phenoxy) is 1. The minimum absolute atomic E-state index is 0.0277. The van der Waals surface area contributed by atoms with Crippen LogP contribution < -0.4 is 9.88 Å². The first-order valence-corrected chi connectivity index (χ1v) is 8.31. The van der Waals surface area contributed by atoms with Crippen LogP contribution >= 0.6 is 0 Å². The van der Waals surface area contributed by atoms with Crippen LogP contribution in [0.25, 0.3) is 0 Å². The average Bonchev–Trinajstić information content (AvgIpc) is 2.84. The fourth-order valence-corrected chi connectivity index (χ4v) is 3.37. The molecule has 1 aromatic rings. The van der Waals surface area contributed by atoms with Crippen LogP contribution in [0, 0.1) is 5.92 Å². The van der Waals surface area contributed by atoms with Crippen molar-refractivity contribution in [3.8, 4) is 5.75 Å². The molecule has 1 amide bonds. The first kappa shape index (κ1) is 16.6. The van der Waals surface area contributed by atoms with Gasteiger partial charge in [-0.2, -0.15) is 8.78 Å². The molecule has 0 aliphatic carbocycles. The molecule has 122 valence electrons. The Morgan fingerprint density at radius 2 is 2.00 bits per heavy atom. The van der Waals surface area contributed by atoms with E-state index in [4.69, 9.17) is 5.14 Å². The van der Waals surface area contributed by atoms with E-state index in [1.54, 1.807) is 0 Å². The van der Waals surface area contributed by atoms with E-state index in [9.17, 15) is 22.0 Å². The summed E-state index contributed by atoms with van der Waals surface area (Å²) >= 11 is 0. The Bertz CT molecular complexity index is 634. The van der Waals surface area contributed by atoms with Crippen LogP contribution in [0.5, 0.6) is 5.75 Å². The molecule has 2 rings (SSSR count). The zero-order valence-corrected chi connectivity index (χ0v) is 12.4. The first-order valence-electron chi connectivity index (χ1n) is 6.59. The third kappa shape index (κ3) is 4.63. The van der Waals surface area contributed by atoms with E-state index in [2.05, 4.69) is 4.74 Å². The quantitative estimate of drug-likeness (QED) is 0.871. The van der Waals surface area contributed by atoms with Crippen molar-refractivity contribution in [2.45, 2.75) is 13.0 Å². The molecule has 0 spiro atoms. The fourth-order valence-electron chi connectivity index (χ4n) is 2.44. The van der Waals surface area contributed by atoms with Crippen molar-refractivity contribution in [2.24, 2.45) is 11.1 Å². The van der Waals surface area contributed by atoms with Gasteiger partial charge in [0.25, 0.3) is 5.91 Å². The molecule has 0 saturated carbocycles. The second kappa shape index (κ2) is 6.57. The van der Waals surface area contributed by atoms with Gasteiger partial charge in [-0.1, -0.05) is 0 Å². The summed E-state index contributed by atoms with van der Waals surface area (Å²) < 4.78 is 50.4. The topological polar surface area (TPSA) is 89.7 Å². The molecule has 0 aromatic heterocycles. The number of nitrogens with zero attached hydrogens (tertiary/aromatic N) is 1. The van der Waals surface area contributed by atoms with Crippen LogP contribution in [0.4, 0.5) is 8.78 Å². The standard InChI is InChI=1S/C13H16F2N2O4S/c14-13(15)21-11-3-1-10(2-4-11)12(18)17-6-5-9(7-17)8-22(16,19)20/h1-4,9,13H,5-8H2,(H2,16,19,20). The number of hydrogen-bond donors (Lipinski definition) is 1. The zero-order chi connectivity index (χ0) is 16.3. The smallest absolute Gasteiger partial charge is 0.387 e. The van der Waals surface area contributed by atoms with Crippen molar-refractivity contribution in [3.63, 3.8) is 0 Å². The molecule has 1 aliphatic rings. The Balaban J connectivity index is 1.97. The van der Waals surface area contributed by atoms with Crippen molar-refractivity contribution in [2.75, 3.05) is 18.8 Å². The van der Waals surface area contributed by atoms with Gasteiger partial charge in [0.05, 0.1) is 5.75 Å². The lowest BCUT2D eigenvalue weighted by atomic mass is 10.1. The summed E-state index contributed by atoms with van der Waals surface area (Å²) in [6.45, 7) is -2.17. The fraction of sp³-hybridized carbons (Fsp3) is 0.462. The third-order valence-electron chi connectivity index (χ3n) is 3.37. The largest absolute Gasteiger partial charge is 0.435 e. The maximum Gasteiger partial charge on any atom is 0.387 e. The number of halogens is 2. The van der Waals surface area contributed by atoms with Gasteiger partial charge in [-0.15, -0.1) is 0 Å². The lowest BCUT2D eigenvalue weighted by Gasteiger charge is -2.16. The number of likely N-dealkylation sites (tertiary alicyclic amines) is 1. The van der Waals surface area contributed by atoms with Gasteiger partial charge in [-0.25, -0.2) is 13.6 Å². The zero-order valence-electron chi connectivity index (χ0n) is 11.6. The highest BCUT2D eigenvalue weighted by molar-refractivity contribution is 7.89. The van der Waals surface area contributed by atoms with E-state index in [0.29, 0.717) is 25.1 Å². The van der Waals surface area contributed by atoms with Gasteiger partial charge >= 0.3 is 6.61 Å². The Hall–Kier alpha value is -1.74. The maximum absolute atomic E-state index is 12.2. The Morgan fingerprint density at radius 3 is 2.55 bits per heavy atom. The molecule has 1 saturated heterocycles. The number of carbonyl (C=O) groups excluding carboxylic acids is 1.